The van der Waals surface area contributed by atoms with Crippen LogP contribution in [0.5, 0.6) is 0 Å². The third-order valence-corrected chi connectivity index (χ3v) is 5.35. The van der Waals surface area contributed by atoms with Crippen molar-refractivity contribution in [3.05, 3.63) is 65.2 Å². The van der Waals surface area contributed by atoms with Gasteiger partial charge in [0, 0.05) is 11.9 Å². The highest BCUT2D eigenvalue weighted by Crippen LogP contribution is 2.37. The molecule has 1 aromatic heterocycles. The van der Waals surface area contributed by atoms with Crippen LogP contribution in [0.25, 0.3) is 5.57 Å². The molecule has 1 saturated carbocycles. The topological polar surface area (TPSA) is 29.0 Å². The van der Waals surface area contributed by atoms with Crippen LogP contribution in [0.1, 0.15) is 56.1 Å². The third kappa shape index (κ3) is 3.94. The van der Waals surface area contributed by atoms with Crippen molar-refractivity contribution in [2.75, 3.05) is 4.90 Å². The highest BCUT2D eigenvalue weighted by molar-refractivity contribution is 6.33. The molecule has 0 radical (unpaired) electrons. The van der Waals surface area contributed by atoms with E-state index in [1.165, 1.54) is 37.7 Å². The standard InChI is InChI=1S/C21H23Cl2N3/c1-4-26(20-18(14(2)3)19(22)24-21(23)25-20)17-12-10-16(11-13-17)15-8-6-5-7-9-15/h4,10-13,15H,1-2,5-9H2,3H3. The van der Waals surface area contributed by atoms with Gasteiger partial charge in [0.05, 0.1) is 5.56 Å². The zero-order chi connectivity index (χ0) is 18.7. The minimum Gasteiger partial charge on any atom is -0.302 e. The van der Waals surface area contributed by atoms with Crippen molar-refractivity contribution in [3.63, 3.8) is 0 Å². The van der Waals surface area contributed by atoms with Crippen LogP contribution >= 0.6 is 23.2 Å². The molecule has 0 unspecified atom stereocenters. The Kier molecular flexibility index (Phi) is 6.00. The maximum atomic E-state index is 6.29. The first kappa shape index (κ1) is 18.9. The molecule has 1 aliphatic carbocycles. The molecular formula is C21H23Cl2N3. The van der Waals surface area contributed by atoms with Crippen LogP contribution in [0.4, 0.5) is 11.5 Å². The molecule has 0 bridgehead atoms. The SMILES string of the molecule is C=CN(c1ccc(C2CCCCC2)cc1)c1nc(Cl)nc(Cl)c1C(=C)C. The molecule has 0 N–H and O–H groups in total. The Morgan fingerprint density at radius 2 is 1.77 bits per heavy atom. The molecule has 3 nitrogen and oxygen atoms in total. The van der Waals surface area contributed by atoms with E-state index in [0.717, 1.165) is 11.3 Å². The van der Waals surface area contributed by atoms with E-state index in [-0.39, 0.29) is 10.4 Å². The van der Waals surface area contributed by atoms with E-state index < -0.39 is 0 Å². The number of allylic oxidation sites excluding steroid dienone is 1. The van der Waals surface area contributed by atoms with E-state index in [0.29, 0.717) is 17.3 Å². The van der Waals surface area contributed by atoms with Gasteiger partial charge >= 0.3 is 0 Å². The van der Waals surface area contributed by atoms with Gasteiger partial charge in [0.1, 0.15) is 5.15 Å². The van der Waals surface area contributed by atoms with Gasteiger partial charge in [-0.15, -0.1) is 0 Å². The van der Waals surface area contributed by atoms with E-state index in [1.807, 2.05) is 11.8 Å². The molecule has 0 amide bonds. The Balaban J connectivity index is 1.97. The molecule has 0 aliphatic heterocycles. The second kappa shape index (κ2) is 8.24. The van der Waals surface area contributed by atoms with E-state index >= 15 is 0 Å². The monoisotopic (exact) mass is 387 g/mol. The predicted octanol–water partition coefficient (Wildman–Crippen LogP) is 7.15. The quantitative estimate of drug-likeness (QED) is 0.402. The van der Waals surface area contributed by atoms with Gasteiger partial charge in [-0.05, 0) is 60.6 Å². The molecular weight excluding hydrogens is 365 g/mol. The lowest BCUT2D eigenvalue weighted by Gasteiger charge is -2.25. The van der Waals surface area contributed by atoms with Crippen LogP contribution in [0, 0.1) is 0 Å². The molecule has 1 fully saturated rings. The lowest BCUT2D eigenvalue weighted by molar-refractivity contribution is 0.443. The first-order valence-corrected chi connectivity index (χ1v) is 9.67. The maximum Gasteiger partial charge on any atom is 0.225 e. The van der Waals surface area contributed by atoms with Crippen LogP contribution in [-0.2, 0) is 0 Å². The Bertz CT molecular complexity index is 809. The van der Waals surface area contributed by atoms with Gasteiger partial charge in [-0.2, -0.15) is 4.98 Å². The zero-order valence-corrected chi connectivity index (χ0v) is 16.5. The summed E-state index contributed by atoms with van der Waals surface area (Å²) in [5, 5.41) is 0.388. The first-order valence-electron chi connectivity index (χ1n) is 8.92. The first-order chi connectivity index (χ1) is 12.5. The van der Waals surface area contributed by atoms with Crippen molar-refractivity contribution < 1.29 is 0 Å². The summed E-state index contributed by atoms with van der Waals surface area (Å²) in [6.45, 7) is 9.80. The fourth-order valence-corrected chi connectivity index (χ4v) is 4.13. The van der Waals surface area contributed by atoms with Gasteiger partial charge in [0.2, 0.25) is 5.28 Å². The number of benzene rings is 1. The summed E-state index contributed by atoms with van der Waals surface area (Å²) in [7, 11) is 0. The number of rotatable bonds is 5. The van der Waals surface area contributed by atoms with E-state index in [1.54, 1.807) is 6.20 Å². The zero-order valence-electron chi connectivity index (χ0n) is 15.0. The van der Waals surface area contributed by atoms with Crippen molar-refractivity contribution >= 4 is 40.3 Å². The van der Waals surface area contributed by atoms with Crippen LogP contribution in [-0.4, -0.2) is 9.97 Å². The lowest BCUT2D eigenvalue weighted by atomic mass is 9.84. The molecule has 0 spiro atoms. The van der Waals surface area contributed by atoms with Crippen molar-refractivity contribution in [1.82, 2.24) is 9.97 Å². The van der Waals surface area contributed by atoms with Gasteiger partial charge in [0.25, 0.3) is 0 Å². The van der Waals surface area contributed by atoms with Gasteiger partial charge < -0.3 is 4.90 Å². The second-order valence-corrected chi connectivity index (χ2v) is 7.44. The number of hydrogen-bond donors (Lipinski definition) is 0. The van der Waals surface area contributed by atoms with Crippen LogP contribution < -0.4 is 4.90 Å². The van der Waals surface area contributed by atoms with Gasteiger partial charge in [0.15, 0.2) is 5.82 Å². The summed E-state index contributed by atoms with van der Waals surface area (Å²) in [6.07, 6.45) is 8.27. The van der Waals surface area contributed by atoms with Crippen molar-refractivity contribution in [2.45, 2.75) is 44.9 Å². The molecule has 136 valence electrons. The Labute approximate surface area is 165 Å². The number of anilines is 2. The molecule has 2 aromatic rings. The smallest absolute Gasteiger partial charge is 0.225 e. The van der Waals surface area contributed by atoms with Crippen molar-refractivity contribution in [1.29, 1.82) is 0 Å². The summed E-state index contributed by atoms with van der Waals surface area (Å²) in [5.74, 6) is 1.26. The van der Waals surface area contributed by atoms with Gasteiger partial charge in [-0.1, -0.05) is 56.2 Å². The molecule has 1 aliphatic rings. The minimum absolute atomic E-state index is 0.0978. The Morgan fingerprint density at radius 1 is 1.12 bits per heavy atom. The fourth-order valence-electron chi connectivity index (χ4n) is 3.60. The second-order valence-electron chi connectivity index (χ2n) is 6.74. The van der Waals surface area contributed by atoms with Gasteiger partial charge in [-0.3, -0.25) is 0 Å². The summed E-state index contributed by atoms with van der Waals surface area (Å²) < 4.78 is 0. The Morgan fingerprint density at radius 3 is 2.35 bits per heavy atom. The lowest BCUT2D eigenvalue weighted by Crippen LogP contribution is -2.13. The fraction of sp³-hybridized carbons (Fsp3) is 0.333. The summed E-state index contributed by atoms with van der Waals surface area (Å²) >= 11 is 12.3. The van der Waals surface area contributed by atoms with Crippen molar-refractivity contribution in [2.24, 2.45) is 0 Å². The largest absolute Gasteiger partial charge is 0.302 e. The van der Waals surface area contributed by atoms with Gasteiger partial charge in [-0.25, -0.2) is 4.98 Å². The number of halogens is 2. The third-order valence-electron chi connectivity index (χ3n) is 4.90. The molecule has 1 aromatic carbocycles. The van der Waals surface area contributed by atoms with Crippen LogP contribution in [0.3, 0.4) is 0 Å². The molecule has 0 saturated heterocycles. The average molecular weight is 388 g/mol. The number of aromatic nitrogens is 2. The minimum atomic E-state index is 0.0978. The molecule has 3 rings (SSSR count). The molecule has 1 heterocycles. The molecule has 26 heavy (non-hydrogen) atoms. The normalized spacial score (nSPS) is 14.9. The number of nitrogens with zero attached hydrogens (tertiary/aromatic N) is 3. The van der Waals surface area contributed by atoms with Crippen LogP contribution in [0.2, 0.25) is 10.4 Å². The van der Waals surface area contributed by atoms with Crippen LogP contribution in [0.15, 0.2) is 43.6 Å². The summed E-state index contributed by atoms with van der Waals surface area (Å²) in [4.78, 5) is 10.3. The van der Waals surface area contributed by atoms with E-state index in [2.05, 4.69) is 47.4 Å². The summed E-state index contributed by atoms with van der Waals surface area (Å²) in [5.41, 5.74) is 3.80. The van der Waals surface area contributed by atoms with E-state index in [4.69, 9.17) is 23.2 Å². The Hall–Kier alpha value is -1.84. The maximum absolute atomic E-state index is 6.29. The van der Waals surface area contributed by atoms with Crippen molar-refractivity contribution in [3.8, 4) is 0 Å². The highest BCUT2D eigenvalue weighted by atomic mass is 35.5. The molecule has 5 heteroatoms. The average Bonchev–Trinajstić information content (AvgIpc) is 2.63. The number of hydrogen-bond acceptors (Lipinski definition) is 3. The predicted molar refractivity (Wildman–Crippen MR) is 111 cm³/mol. The highest BCUT2D eigenvalue weighted by Gasteiger charge is 2.20. The summed E-state index contributed by atoms with van der Waals surface area (Å²) in [6, 6.07) is 8.59. The van der Waals surface area contributed by atoms with E-state index in [9.17, 15) is 0 Å². The molecule has 0 atom stereocenters.